The van der Waals surface area contributed by atoms with Gasteiger partial charge in [-0.1, -0.05) is 23.7 Å². The Morgan fingerprint density at radius 2 is 2.12 bits per heavy atom. The molecule has 2 N–H and O–H groups in total. The lowest BCUT2D eigenvalue weighted by atomic mass is 10.4. The maximum atomic E-state index is 11.2. The van der Waals surface area contributed by atoms with E-state index in [4.69, 9.17) is 16.7 Å². The van der Waals surface area contributed by atoms with Crippen molar-refractivity contribution in [3.63, 3.8) is 0 Å². The van der Waals surface area contributed by atoms with Crippen LogP contribution >= 0.6 is 23.4 Å². The van der Waals surface area contributed by atoms with Crippen LogP contribution in [0.1, 0.15) is 0 Å². The number of rotatable bonds is 6. The van der Waals surface area contributed by atoms with Gasteiger partial charge in [-0.25, -0.2) is 10.3 Å². The van der Waals surface area contributed by atoms with Crippen molar-refractivity contribution >= 4 is 35.2 Å². The van der Waals surface area contributed by atoms with Crippen LogP contribution in [0.2, 0.25) is 5.02 Å². The van der Waals surface area contributed by atoms with Crippen LogP contribution in [0.3, 0.4) is 0 Å². The number of carboxylic acid groups (broad SMARTS) is 1. The van der Waals surface area contributed by atoms with Crippen molar-refractivity contribution in [1.29, 1.82) is 0 Å². The fourth-order valence-corrected chi connectivity index (χ4v) is 1.94. The molecule has 1 aromatic carbocycles. The highest BCUT2D eigenvalue weighted by atomic mass is 35.5. The highest BCUT2D eigenvalue weighted by Crippen LogP contribution is 2.26. The number of carboxylic acids is 1. The Hall–Kier alpha value is -1.24. The summed E-state index contributed by atoms with van der Waals surface area (Å²) in [6.07, 6.45) is 0. The first-order valence-electron chi connectivity index (χ1n) is 4.59. The van der Waals surface area contributed by atoms with Gasteiger partial charge in [-0.3, -0.25) is 9.63 Å². The maximum Gasteiger partial charge on any atom is 0.332 e. The van der Waals surface area contributed by atoms with Crippen molar-refractivity contribution in [2.24, 2.45) is 0 Å². The molecule has 0 saturated heterocycles. The average molecular weight is 276 g/mol. The third-order valence-corrected chi connectivity index (χ3v) is 3.09. The van der Waals surface area contributed by atoms with E-state index < -0.39 is 18.5 Å². The molecule has 7 heteroatoms. The van der Waals surface area contributed by atoms with E-state index in [1.807, 2.05) is 11.5 Å². The van der Waals surface area contributed by atoms with E-state index in [1.54, 1.807) is 18.2 Å². The second-order valence-corrected chi connectivity index (χ2v) is 4.35. The van der Waals surface area contributed by atoms with Gasteiger partial charge in [0, 0.05) is 4.90 Å². The lowest BCUT2D eigenvalue weighted by Gasteiger charge is -2.04. The fourth-order valence-electron chi connectivity index (χ4n) is 0.913. The molecule has 17 heavy (non-hydrogen) atoms. The van der Waals surface area contributed by atoms with E-state index in [-0.39, 0.29) is 5.75 Å². The van der Waals surface area contributed by atoms with Crippen molar-refractivity contribution in [3.05, 3.63) is 29.3 Å². The van der Waals surface area contributed by atoms with Crippen LogP contribution in [0.25, 0.3) is 0 Å². The van der Waals surface area contributed by atoms with E-state index >= 15 is 0 Å². The summed E-state index contributed by atoms with van der Waals surface area (Å²) in [5.41, 5.74) is 2.02. The Morgan fingerprint density at radius 3 is 2.76 bits per heavy atom. The highest BCUT2D eigenvalue weighted by Gasteiger charge is 2.06. The van der Waals surface area contributed by atoms with Crippen LogP contribution in [-0.4, -0.2) is 29.3 Å². The highest BCUT2D eigenvalue weighted by molar-refractivity contribution is 8.00. The fraction of sp³-hybridized carbons (Fsp3) is 0.200. The molecule has 1 rings (SSSR count). The van der Waals surface area contributed by atoms with Crippen LogP contribution < -0.4 is 5.48 Å². The second-order valence-electron chi connectivity index (χ2n) is 2.93. The molecule has 0 heterocycles. The number of carbonyl (C=O) groups is 2. The zero-order valence-electron chi connectivity index (χ0n) is 8.68. The minimum atomic E-state index is -1.15. The zero-order valence-corrected chi connectivity index (χ0v) is 10.3. The molecule has 0 spiro atoms. The molecule has 0 bridgehead atoms. The van der Waals surface area contributed by atoms with Crippen LogP contribution in [-0.2, 0) is 14.4 Å². The predicted molar refractivity (Wildman–Crippen MR) is 63.9 cm³/mol. The van der Waals surface area contributed by atoms with E-state index in [2.05, 4.69) is 4.84 Å². The van der Waals surface area contributed by atoms with Gasteiger partial charge < -0.3 is 5.11 Å². The molecule has 0 saturated carbocycles. The quantitative estimate of drug-likeness (QED) is 0.609. The van der Waals surface area contributed by atoms with Crippen LogP contribution in [0, 0.1) is 0 Å². The molecule has 1 amide bonds. The monoisotopic (exact) mass is 275 g/mol. The molecule has 0 aliphatic rings. The van der Waals surface area contributed by atoms with Crippen LogP contribution in [0.4, 0.5) is 0 Å². The Bertz CT molecular complexity index is 413. The summed E-state index contributed by atoms with van der Waals surface area (Å²) >= 11 is 7.13. The molecule has 0 aromatic heterocycles. The molecule has 0 fully saturated rings. The van der Waals surface area contributed by atoms with Gasteiger partial charge >= 0.3 is 5.97 Å². The van der Waals surface area contributed by atoms with Crippen molar-refractivity contribution in [1.82, 2.24) is 5.48 Å². The molecule has 1 aromatic rings. The molecule has 0 atom stereocenters. The van der Waals surface area contributed by atoms with Gasteiger partial charge in [0.2, 0.25) is 0 Å². The second kappa shape index (κ2) is 7.16. The lowest BCUT2D eigenvalue weighted by Crippen LogP contribution is -2.28. The van der Waals surface area contributed by atoms with Crippen molar-refractivity contribution in [2.45, 2.75) is 4.90 Å². The molecular formula is C10H10ClNO4S. The summed E-state index contributed by atoms with van der Waals surface area (Å²) in [6, 6.07) is 7.12. The van der Waals surface area contributed by atoms with E-state index in [0.29, 0.717) is 5.02 Å². The van der Waals surface area contributed by atoms with Crippen LogP contribution in [0.5, 0.6) is 0 Å². The molecule has 5 nitrogen and oxygen atoms in total. The minimum absolute atomic E-state index is 0.101. The van der Waals surface area contributed by atoms with Crippen molar-refractivity contribution in [2.75, 3.05) is 12.4 Å². The van der Waals surface area contributed by atoms with Gasteiger partial charge in [-0.05, 0) is 12.1 Å². The molecular weight excluding hydrogens is 266 g/mol. The van der Waals surface area contributed by atoms with E-state index in [9.17, 15) is 9.59 Å². The predicted octanol–water partition coefficient (Wildman–Crippen LogP) is 1.56. The Kier molecular flexibility index (Phi) is 5.82. The number of thioether (sulfide) groups is 1. The number of hydroxylamine groups is 1. The molecule has 0 aliphatic carbocycles. The summed E-state index contributed by atoms with van der Waals surface area (Å²) in [5.74, 6) is -1.47. The van der Waals surface area contributed by atoms with Crippen LogP contribution in [0.15, 0.2) is 29.2 Å². The summed E-state index contributed by atoms with van der Waals surface area (Å²) in [6.45, 7) is -0.567. The molecule has 0 aliphatic heterocycles. The first kappa shape index (κ1) is 13.8. The van der Waals surface area contributed by atoms with E-state index in [0.717, 1.165) is 4.90 Å². The van der Waals surface area contributed by atoms with Gasteiger partial charge in [0.05, 0.1) is 10.8 Å². The maximum absolute atomic E-state index is 11.2. The largest absolute Gasteiger partial charge is 0.479 e. The Labute approximate surface area is 107 Å². The van der Waals surface area contributed by atoms with Crippen molar-refractivity contribution < 1.29 is 19.5 Å². The van der Waals surface area contributed by atoms with Crippen molar-refractivity contribution in [3.8, 4) is 0 Å². The smallest absolute Gasteiger partial charge is 0.332 e. The molecule has 92 valence electrons. The average Bonchev–Trinajstić information content (AvgIpc) is 2.27. The summed E-state index contributed by atoms with van der Waals surface area (Å²) < 4.78 is 0. The topological polar surface area (TPSA) is 75.6 Å². The van der Waals surface area contributed by atoms with Gasteiger partial charge in [0.15, 0.2) is 6.61 Å². The molecule has 0 unspecified atom stereocenters. The third kappa shape index (κ3) is 5.58. The standard InChI is InChI=1S/C10H10ClNO4S/c11-7-3-1-2-4-8(7)17-6-9(13)12-16-5-10(14)15/h1-4H,5-6H2,(H,12,13)(H,14,15). The first-order chi connectivity index (χ1) is 8.09. The number of nitrogens with one attached hydrogen (secondary N) is 1. The summed E-state index contributed by atoms with van der Waals surface area (Å²) in [5, 5.41) is 8.84. The number of hydrogen-bond donors (Lipinski definition) is 2. The Balaban J connectivity index is 2.29. The minimum Gasteiger partial charge on any atom is -0.479 e. The number of benzene rings is 1. The van der Waals surface area contributed by atoms with Gasteiger partial charge in [0.1, 0.15) is 0 Å². The SMILES string of the molecule is O=C(O)CONC(=O)CSc1ccccc1Cl. The first-order valence-corrected chi connectivity index (χ1v) is 5.95. The zero-order chi connectivity index (χ0) is 12.7. The molecule has 0 radical (unpaired) electrons. The van der Waals surface area contributed by atoms with Gasteiger partial charge in [-0.2, -0.15) is 0 Å². The lowest BCUT2D eigenvalue weighted by molar-refractivity contribution is -0.148. The number of halogens is 1. The number of carbonyl (C=O) groups excluding carboxylic acids is 1. The number of amides is 1. The number of hydrogen-bond acceptors (Lipinski definition) is 4. The van der Waals surface area contributed by atoms with Gasteiger partial charge in [0.25, 0.3) is 5.91 Å². The van der Waals surface area contributed by atoms with Gasteiger partial charge in [-0.15, -0.1) is 11.8 Å². The Morgan fingerprint density at radius 1 is 1.41 bits per heavy atom. The summed E-state index contributed by atoms with van der Waals surface area (Å²) in [4.78, 5) is 26.5. The third-order valence-electron chi connectivity index (χ3n) is 1.58. The normalized spacial score (nSPS) is 9.94. The number of aliphatic carboxylic acids is 1. The van der Waals surface area contributed by atoms with E-state index in [1.165, 1.54) is 11.8 Å². The summed E-state index contributed by atoms with van der Waals surface area (Å²) in [7, 11) is 0.